The van der Waals surface area contributed by atoms with Crippen molar-refractivity contribution in [2.45, 2.75) is 13.8 Å². The maximum absolute atomic E-state index is 8.93. The summed E-state index contributed by atoms with van der Waals surface area (Å²) >= 11 is 0. The summed E-state index contributed by atoms with van der Waals surface area (Å²) < 4.78 is 0. The van der Waals surface area contributed by atoms with E-state index in [4.69, 9.17) is 5.26 Å². The number of fused-ring (bicyclic) bond motifs is 1. The molecule has 0 spiro atoms. The molecule has 1 heterocycles. The van der Waals surface area contributed by atoms with Gasteiger partial charge >= 0.3 is 0 Å². The number of benzene rings is 1. The highest BCUT2D eigenvalue weighted by molar-refractivity contribution is 5.87. The molecule has 0 saturated heterocycles. The molecular weight excluding hydrogens is 160 g/mol. The van der Waals surface area contributed by atoms with E-state index in [-0.39, 0.29) is 0 Å². The zero-order valence-electron chi connectivity index (χ0n) is 7.68. The Morgan fingerprint density at radius 3 is 2.77 bits per heavy atom. The van der Waals surface area contributed by atoms with Crippen molar-refractivity contribution in [3.63, 3.8) is 0 Å². The minimum absolute atomic E-state index is 0.763. The molecular formula is C11H10N2. The Morgan fingerprint density at radius 1 is 1.31 bits per heavy atom. The van der Waals surface area contributed by atoms with Crippen LogP contribution in [0.4, 0.5) is 0 Å². The summed E-state index contributed by atoms with van der Waals surface area (Å²) in [5.74, 6) is 0. The summed E-state index contributed by atoms with van der Waals surface area (Å²) in [6.07, 6.45) is 0. The molecule has 0 atom stereocenters. The number of aryl methyl sites for hydroxylation is 2. The molecule has 64 valence electrons. The largest absolute Gasteiger partial charge is 0.358 e. The summed E-state index contributed by atoms with van der Waals surface area (Å²) in [6.45, 7) is 3.96. The number of hydrogen-bond donors (Lipinski definition) is 1. The number of hydrogen-bond acceptors (Lipinski definition) is 1. The standard InChI is InChI=1S/C11H10N2/c1-7-3-4-11-9(5-7)10(6-12)8(2)13-11/h3-5,13H,1-2H3. The van der Waals surface area contributed by atoms with E-state index < -0.39 is 0 Å². The average Bonchev–Trinajstić information content (AvgIpc) is 2.40. The smallest absolute Gasteiger partial charge is 0.102 e. The number of H-pyrrole nitrogens is 1. The van der Waals surface area contributed by atoms with Crippen LogP contribution in [0.15, 0.2) is 18.2 Å². The van der Waals surface area contributed by atoms with Crippen LogP contribution >= 0.6 is 0 Å². The van der Waals surface area contributed by atoms with E-state index in [1.165, 1.54) is 5.56 Å². The Morgan fingerprint density at radius 2 is 2.08 bits per heavy atom. The van der Waals surface area contributed by atoms with E-state index in [0.29, 0.717) is 0 Å². The van der Waals surface area contributed by atoms with Gasteiger partial charge in [-0.25, -0.2) is 0 Å². The van der Waals surface area contributed by atoms with E-state index in [9.17, 15) is 0 Å². The molecule has 0 radical (unpaired) electrons. The first-order valence-electron chi connectivity index (χ1n) is 4.21. The number of aromatic amines is 1. The van der Waals surface area contributed by atoms with Gasteiger partial charge in [0.05, 0.1) is 5.56 Å². The molecule has 2 rings (SSSR count). The molecule has 2 aromatic rings. The molecule has 0 aliphatic rings. The zero-order chi connectivity index (χ0) is 9.42. The second-order valence-electron chi connectivity index (χ2n) is 3.29. The predicted octanol–water partition coefficient (Wildman–Crippen LogP) is 2.66. The lowest BCUT2D eigenvalue weighted by Crippen LogP contribution is -1.75. The second-order valence-corrected chi connectivity index (χ2v) is 3.29. The summed E-state index contributed by atoms with van der Waals surface area (Å²) in [6, 6.07) is 8.31. The fraction of sp³-hybridized carbons (Fsp3) is 0.182. The molecule has 0 fully saturated rings. The van der Waals surface area contributed by atoms with Gasteiger partial charge in [0.2, 0.25) is 0 Å². The van der Waals surface area contributed by atoms with Crippen LogP contribution in [0.2, 0.25) is 0 Å². The monoisotopic (exact) mass is 170 g/mol. The minimum atomic E-state index is 0.763. The predicted molar refractivity (Wildman–Crippen MR) is 52.5 cm³/mol. The first kappa shape index (κ1) is 7.88. The van der Waals surface area contributed by atoms with Gasteiger partial charge in [-0.2, -0.15) is 5.26 Å². The average molecular weight is 170 g/mol. The van der Waals surface area contributed by atoms with Crippen LogP contribution < -0.4 is 0 Å². The van der Waals surface area contributed by atoms with Crippen molar-refractivity contribution < 1.29 is 0 Å². The first-order chi connectivity index (χ1) is 6.22. The van der Waals surface area contributed by atoms with Crippen molar-refractivity contribution in [2.75, 3.05) is 0 Å². The van der Waals surface area contributed by atoms with Gasteiger partial charge in [0.1, 0.15) is 6.07 Å². The number of nitriles is 1. The normalized spacial score (nSPS) is 10.2. The summed E-state index contributed by atoms with van der Waals surface area (Å²) in [5.41, 5.74) is 3.93. The highest BCUT2D eigenvalue weighted by Gasteiger charge is 2.06. The highest BCUT2D eigenvalue weighted by Crippen LogP contribution is 2.21. The fourth-order valence-corrected chi connectivity index (χ4v) is 1.58. The van der Waals surface area contributed by atoms with E-state index in [1.807, 2.05) is 32.0 Å². The third kappa shape index (κ3) is 1.09. The van der Waals surface area contributed by atoms with Crippen molar-refractivity contribution in [3.8, 4) is 6.07 Å². The van der Waals surface area contributed by atoms with Crippen LogP contribution in [0.3, 0.4) is 0 Å². The third-order valence-electron chi connectivity index (χ3n) is 2.25. The van der Waals surface area contributed by atoms with E-state index in [1.54, 1.807) is 0 Å². The highest BCUT2D eigenvalue weighted by atomic mass is 14.7. The third-order valence-corrected chi connectivity index (χ3v) is 2.25. The zero-order valence-corrected chi connectivity index (χ0v) is 7.68. The van der Waals surface area contributed by atoms with Gasteiger partial charge in [-0.1, -0.05) is 11.6 Å². The Hall–Kier alpha value is -1.75. The molecule has 2 heteroatoms. The number of aromatic nitrogens is 1. The lowest BCUT2D eigenvalue weighted by molar-refractivity contribution is 1.28. The topological polar surface area (TPSA) is 39.6 Å². The summed E-state index contributed by atoms with van der Waals surface area (Å²) in [7, 11) is 0. The van der Waals surface area contributed by atoms with Crippen molar-refractivity contribution >= 4 is 10.9 Å². The summed E-state index contributed by atoms with van der Waals surface area (Å²) in [5, 5.41) is 9.95. The Labute approximate surface area is 76.8 Å². The van der Waals surface area contributed by atoms with Gasteiger partial charge in [0, 0.05) is 16.6 Å². The molecule has 0 unspecified atom stereocenters. The van der Waals surface area contributed by atoms with Crippen LogP contribution in [-0.4, -0.2) is 4.98 Å². The van der Waals surface area contributed by atoms with E-state index in [2.05, 4.69) is 11.1 Å². The molecule has 0 aliphatic carbocycles. The molecule has 0 bridgehead atoms. The Balaban J connectivity index is 2.91. The van der Waals surface area contributed by atoms with Crippen molar-refractivity contribution in [3.05, 3.63) is 35.0 Å². The van der Waals surface area contributed by atoms with Crippen LogP contribution in [0.1, 0.15) is 16.8 Å². The molecule has 13 heavy (non-hydrogen) atoms. The van der Waals surface area contributed by atoms with Crippen molar-refractivity contribution in [1.82, 2.24) is 4.98 Å². The van der Waals surface area contributed by atoms with Crippen LogP contribution in [0.5, 0.6) is 0 Å². The van der Waals surface area contributed by atoms with Gasteiger partial charge in [-0.05, 0) is 26.0 Å². The quantitative estimate of drug-likeness (QED) is 0.648. The van der Waals surface area contributed by atoms with Crippen molar-refractivity contribution in [1.29, 1.82) is 5.26 Å². The van der Waals surface area contributed by atoms with Crippen LogP contribution in [0.25, 0.3) is 10.9 Å². The van der Waals surface area contributed by atoms with E-state index >= 15 is 0 Å². The fourth-order valence-electron chi connectivity index (χ4n) is 1.58. The number of rotatable bonds is 0. The maximum atomic E-state index is 8.93. The lowest BCUT2D eigenvalue weighted by Gasteiger charge is -1.92. The molecule has 1 N–H and O–H groups in total. The SMILES string of the molecule is Cc1ccc2[nH]c(C)c(C#N)c2c1. The molecule has 0 saturated carbocycles. The maximum Gasteiger partial charge on any atom is 0.102 e. The van der Waals surface area contributed by atoms with Crippen LogP contribution in [-0.2, 0) is 0 Å². The van der Waals surface area contributed by atoms with E-state index in [0.717, 1.165) is 22.2 Å². The molecule has 1 aromatic heterocycles. The number of nitrogens with zero attached hydrogens (tertiary/aromatic N) is 1. The second kappa shape index (κ2) is 2.63. The van der Waals surface area contributed by atoms with Gasteiger partial charge in [-0.15, -0.1) is 0 Å². The first-order valence-corrected chi connectivity index (χ1v) is 4.21. The molecule has 0 aliphatic heterocycles. The summed E-state index contributed by atoms with van der Waals surface area (Å²) in [4.78, 5) is 3.18. The van der Waals surface area contributed by atoms with Gasteiger partial charge in [0.15, 0.2) is 0 Å². The van der Waals surface area contributed by atoms with Gasteiger partial charge in [-0.3, -0.25) is 0 Å². The lowest BCUT2D eigenvalue weighted by atomic mass is 10.1. The molecule has 1 aromatic carbocycles. The van der Waals surface area contributed by atoms with Gasteiger partial charge < -0.3 is 4.98 Å². The minimum Gasteiger partial charge on any atom is -0.358 e. The van der Waals surface area contributed by atoms with Gasteiger partial charge in [0.25, 0.3) is 0 Å². The van der Waals surface area contributed by atoms with Crippen molar-refractivity contribution in [2.24, 2.45) is 0 Å². The number of nitrogens with one attached hydrogen (secondary N) is 1. The molecule has 2 nitrogen and oxygen atoms in total. The Kier molecular flexibility index (Phi) is 1.60. The van der Waals surface area contributed by atoms with Crippen LogP contribution in [0, 0.1) is 25.2 Å². The molecule has 0 amide bonds. The Bertz CT molecular complexity index is 501.